The molecule has 4 rings (SSSR count). The average Bonchev–Trinajstić information content (AvgIpc) is 3.18. The molecule has 4 nitrogen and oxygen atoms in total. The highest BCUT2D eigenvalue weighted by atomic mass is 32.2. The maximum atomic E-state index is 13.7. The highest BCUT2D eigenvalue weighted by Crippen LogP contribution is 2.36. The number of amides is 2. The van der Waals surface area contributed by atoms with Crippen molar-refractivity contribution in [1.29, 1.82) is 0 Å². The van der Waals surface area contributed by atoms with E-state index in [1.54, 1.807) is 46.6 Å². The van der Waals surface area contributed by atoms with Crippen LogP contribution in [0.25, 0.3) is 0 Å². The van der Waals surface area contributed by atoms with E-state index in [2.05, 4.69) is 5.32 Å². The maximum absolute atomic E-state index is 13.7. The Morgan fingerprint density at radius 3 is 2.78 bits per heavy atom. The van der Waals surface area contributed by atoms with Crippen LogP contribution in [0.2, 0.25) is 0 Å². The topological polar surface area (TPSA) is 49.4 Å². The van der Waals surface area contributed by atoms with Crippen LogP contribution < -0.4 is 5.32 Å². The van der Waals surface area contributed by atoms with E-state index in [4.69, 9.17) is 0 Å². The van der Waals surface area contributed by atoms with Crippen molar-refractivity contribution in [2.24, 2.45) is 0 Å². The van der Waals surface area contributed by atoms with Crippen molar-refractivity contribution < 1.29 is 14.0 Å². The lowest BCUT2D eigenvalue weighted by Crippen LogP contribution is -2.48. The minimum absolute atomic E-state index is 0.133. The minimum atomic E-state index is -0.505. The summed E-state index contributed by atoms with van der Waals surface area (Å²) in [6.07, 6.45) is 0.749. The third kappa shape index (κ3) is 3.84. The molecule has 0 aliphatic carbocycles. The number of hydrogen-bond acceptors (Lipinski definition) is 4. The normalized spacial score (nSPS) is 21.6. The first kappa shape index (κ1) is 18.4. The predicted octanol–water partition coefficient (Wildman–Crippen LogP) is 3.69. The van der Waals surface area contributed by atoms with Gasteiger partial charge in [-0.3, -0.25) is 9.59 Å². The van der Waals surface area contributed by atoms with Crippen molar-refractivity contribution in [2.45, 2.75) is 23.4 Å². The van der Waals surface area contributed by atoms with Crippen LogP contribution in [0.15, 0.2) is 53.4 Å². The number of carbonyl (C=O) groups is 2. The molecular weight excluding hydrogens is 383 g/mol. The molecule has 2 atom stereocenters. The molecule has 1 N–H and O–H groups in total. The highest BCUT2D eigenvalue weighted by molar-refractivity contribution is 7.99. The molecule has 140 valence electrons. The quantitative estimate of drug-likeness (QED) is 0.851. The van der Waals surface area contributed by atoms with Crippen molar-refractivity contribution in [3.05, 3.63) is 65.5 Å². The van der Waals surface area contributed by atoms with Gasteiger partial charge in [-0.05, 0) is 42.3 Å². The van der Waals surface area contributed by atoms with Crippen LogP contribution in [0, 0.1) is 5.82 Å². The molecule has 1 saturated heterocycles. The molecule has 2 aromatic carbocycles. The van der Waals surface area contributed by atoms with E-state index >= 15 is 0 Å². The molecule has 0 spiro atoms. The van der Waals surface area contributed by atoms with Crippen molar-refractivity contribution in [2.75, 3.05) is 17.4 Å². The van der Waals surface area contributed by atoms with Crippen LogP contribution in [0.3, 0.4) is 0 Å². The first-order chi connectivity index (χ1) is 13.1. The smallest absolute Gasteiger partial charge is 0.255 e. The van der Waals surface area contributed by atoms with Crippen LogP contribution >= 0.6 is 23.5 Å². The van der Waals surface area contributed by atoms with Crippen molar-refractivity contribution in [1.82, 2.24) is 10.2 Å². The average molecular weight is 403 g/mol. The Kier molecular flexibility index (Phi) is 5.41. The second kappa shape index (κ2) is 7.94. The minimum Gasteiger partial charge on any atom is -0.347 e. The lowest BCUT2D eigenvalue weighted by Gasteiger charge is -2.29. The van der Waals surface area contributed by atoms with Crippen LogP contribution in [-0.4, -0.2) is 40.1 Å². The predicted molar refractivity (Wildman–Crippen MR) is 106 cm³/mol. The molecule has 2 aromatic rings. The van der Waals surface area contributed by atoms with E-state index in [1.165, 1.54) is 12.1 Å². The fraction of sp³-hybridized carbons (Fsp3) is 0.300. The molecule has 2 heterocycles. The van der Waals surface area contributed by atoms with Gasteiger partial charge in [0.05, 0.1) is 11.9 Å². The summed E-state index contributed by atoms with van der Waals surface area (Å²) in [5.74, 6) is 1.34. The van der Waals surface area contributed by atoms with Crippen LogP contribution in [-0.2, 0) is 4.79 Å². The van der Waals surface area contributed by atoms with E-state index in [0.717, 1.165) is 22.6 Å². The molecule has 0 saturated carbocycles. The molecule has 7 heteroatoms. The summed E-state index contributed by atoms with van der Waals surface area (Å²) in [5, 5.41) is 3.05. The van der Waals surface area contributed by atoms with Gasteiger partial charge in [-0.2, -0.15) is 0 Å². The Balaban J connectivity index is 1.50. The number of thioether (sulfide) groups is 2. The summed E-state index contributed by atoms with van der Waals surface area (Å²) in [6, 6.07) is 13.0. The summed E-state index contributed by atoms with van der Waals surface area (Å²) in [7, 11) is 0. The largest absolute Gasteiger partial charge is 0.347 e. The number of hydrogen-bond donors (Lipinski definition) is 1. The van der Waals surface area contributed by atoms with E-state index < -0.39 is 6.04 Å². The standard InChI is InChI=1S/C20H19FN2O2S2/c21-14-6-7-18-15(10-14)16(8-9-27-18)22-19(24)17-11-26-12-23(17)20(25)13-4-2-1-3-5-13/h1-7,10,16-17H,8-9,11-12H2,(H,22,24)/t16-,17-/m1/s1. The molecule has 2 aliphatic heterocycles. The van der Waals surface area contributed by atoms with Crippen molar-refractivity contribution >= 4 is 35.3 Å². The summed E-state index contributed by atoms with van der Waals surface area (Å²) < 4.78 is 13.7. The fourth-order valence-electron chi connectivity index (χ4n) is 3.39. The van der Waals surface area contributed by atoms with Gasteiger partial charge in [0.1, 0.15) is 11.9 Å². The zero-order valence-corrected chi connectivity index (χ0v) is 16.2. The van der Waals surface area contributed by atoms with Gasteiger partial charge in [-0.25, -0.2) is 4.39 Å². The SMILES string of the molecule is O=C(N[C@@H]1CCSc2ccc(F)cc21)[C@H]1CSCN1C(=O)c1ccccc1. The van der Waals surface area contributed by atoms with E-state index in [9.17, 15) is 14.0 Å². The summed E-state index contributed by atoms with van der Waals surface area (Å²) in [6.45, 7) is 0. The number of benzene rings is 2. The van der Waals surface area contributed by atoms with Gasteiger partial charge in [-0.1, -0.05) is 18.2 Å². The number of fused-ring (bicyclic) bond motifs is 1. The molecule has 0 unspecified atom stereocenters. The fourth-order valence-corrected chi connectivity index (χ4v) is 5.65. The number of carbonyl (C=O) groups excluding carboxylic acids is 2. The Labute approximate surface area is 165 Å². The molecule has 0 aromatic heterocycles. The van der Waals surface area contributed by atoms with E-state index in [0.29, 0.717) is 17.2 Å². The highest BCUT2D eigenvalue weighted by Gasteiger charge is 2.36. The third-order valence-corrected chi connectivity index (χ3v) is 6.93. The summed E-state index contributed by atoms with van der Waals surface area (Å²) in [5.41, 5.74) is 1.41. The summed E-state index contributed by atoms with van der Waals surface area (Å²) >= 11 is 3.25. The van der Waals surface area contributed by atoms with Crippen LogP contribution in [0.4, 0.5) is 4.39 Å². The zero-order valence-electron chi connectivity index (χ0n) is 14.6. The molecule has 2 amide bonds. The Hall–Kier alpha value is -1.99. The van der Waals surface area contributed by atoms with Crippen LogP contribution in [0.5, 0.6) is 0 Å². The number of nitrogens with one attached hydrogen (secondary N) is 1. The first-order valence-corrected chi connectivity index (χ1v) is 10.9. The van der Waals surface area contributed by atoms with Gasteiger partial charge >= 0.3 is 0 Å². The Bertz CT molecular complexity index is 862. The monoisotopic (exact) mass is 402 g/mol. The molecule has 27 heavy (non-hydrogen) atoms. The zero-order chi connectivity index (χ0) is 18.8. The second-order valence-electron chi connectivity index (χ2n) is 6.54. The van der Waals surface area contributed by atoms with Crippen molar-refractivity contribution in [3.63, 3.8) is 0 Å². The maximum Gasteiger partial charge on any atom is 0.255 e. The van der Waals surface area contributed by atoms with Gasteiger partial charge < -0.3 is 10.2 Å². The first-order valence-electron chi connectivity index (χ1n) is 8.80. The molecule has 0 bridgehead atoms. The summed E-state index contributed by atoms with van der Waals surface area (Å²) in [4.78, 5) is 28.3. The van der Waals surface area contributed by atoms with Gasteiger partial charge in [0, 0.05) is 22.0 Å². The molecular formula is C20H19FN2O2S2. The lowest BCUT2D eigenvalue weighted by molar-refractivity contribution is -0.125. The lowest BCUT2D eigenvalue weighted by atomic mass is 10.0. The Morgan fingerprint density at radius 2 is 1.96 bits per heavy atom. The van der Waals surface area contributed by atoms with Gasteiger partial charge in [0.2, 0.25) is 5.91 Å². The number of rotatable bonds is 3. The molecule has 1 fully saturated rings. The number of halogens is 1. The molecule has 2 aliphatic rings. The van der Waals surface area contributed by atoms with Crippen LogP contribution in [0.1, 0.15) is 28.4 Å². The van der Waals surface area contributed by atoms with E-state index in [1.807, 2.05) is 18.2 Å². The molecule has 0 radical (unpaired) electrons. The van der Waals surface area contributed by atoms with Gasteiger partial charge in [0.25, 0.3) is 5.91 Å². The van der Waals surface area contributed by atoms with Gasteiger partial charge in [-0.15, -0.1) is 23.5 Å². The Morgan fingerprint density at radius 1 is 1.15 bits per heavy atom. The number of nitrogens with zero attached hydrogens (tertiary/aromatic N) is 1. The van der Waals surface area contributed by atoms with Gasteiger partial charge in [0.15, 0.2) is 0 Å². The second-order valence-corrected chi connectivity index (χ2v) is 8.67. The third-order valence-electron chi connectivity index (χ3n) is 4.79. The van der Waals surface area contributed by atoms with E-state index in [-0.39, 0.29) is 23.7 Å². The van der Waals surface area contributed by atoms with Crippen molar-refractivity contribution in [3.8, 4) is 0 Å².